The molecule has 1 aromatic carbocycles. The fourth-order valence-corrected chi connectivity index (χ4v) is 5.01. The molecule has 1 aromatic rings. The maximum absolute atomic E-state index is 13.3. The SMILES string of the molecule is CSCCC1NC2(CCN(SOC(=O)NC(C)C)CC2)N(Cc2ccc(F)cc2)C1=O. The van der Waals surface area contributed by atoms with E-state index in [0.29, 0.717) is 19.6 Å². The maximum atomic E-state index is 13.3. The van der Waals surface area contributed by atoms with Crippen molar-refractivity contribution < 1.29 is 18.2 Å². The Bertz CT molecular complexity index is 757. The first-order valence-corrected chi connectivity index (χ1v) is 12.6. The third kappa shape index (κ3) is 6.27. The summed E-state index contributed by atoms with van der Waals surface area (Å²) in [7, 11) is 0. The summed E-state index contributed by atoms with van der Waals surface area (Å²) in [6.07, 6.45) is 3.80. The molecule has 0 radical (unpaired) electrons. The number of piperidine rings is 1. The van der Waals surface area contributed by atoms with Gasteiger partial charge in [0.05, 0.1) is 11.7 Å². The van der Waals surface area contributed by atoms with Gasteiger partial charge >= 0.3 is 6.09 Å². The predicted octanol–water partition coefficient (Wildman–Crippen LogP) is 3.37. The molecule has 172 valence electrons. The van der Waals surface area contributed by atoms with Gasteiger partial charge in [-0.3, -0.25) is 10.1 Å². The van der Waals surface area contributed by atoms with Crippen LogP contribution in [0.25, 0.3) is 0 Å². The molecule has 2 fully saturated rings. The molecule has 0 bridgehead atoms. The second-order valence-corrected chi connectivity index (χ2v) is 10.1. The van der Waals surface area contributed by atoms with Gasteiger partial charge in [-0.1, -0.05) is 12.1 Å². The van der Waals surface area contributed by atoms with E-state index >= 15 is 0 Å². The first kappa shape index (κ1) is 24.2. The normalized spacial score (nSPS) is 21.1. The van der Waals surface area contributed by atoms with E-state index in [1.54, 1.807) is 23.9 Å². The van der Waals surface area contributed by atoms with Crippen LogP contribution in [0.3, 0.4) is 0 Å². The van der Waals surface area contributed by atoms with E-state index in [4.69, 9.17) is 4.18 Å². The van der Waals surface area contributed by atoms with E-state index in [0.717, 1.165) is 42.8 Å². The number of hydrogen-bond acceptors (Lipinski definition) is 7. The highest BCUT2D eigenvalue weighted by Crippen LogP contribution is 2.36. The molecule has 31 heavy (non-hydrogen) atoms. The Morgan fingerprint density at radius 3 is 2.61 bits per heavy atom. The van der Waals surface area contributed by atoms with Crippen LogP contribution in [0.2, 0.25) is 0 Å². The van der Waals surface area contributed by atoms with Crippen molar-refractivity contribution in [2.24, 2.45) is 0 Å². The van der Waals surface area contributed by atoms with E-state index in [-0.39, 0.29) is 23.8 Å². The third-order valence-electron chi connectivity index (χ3n) is 5.56. The van der Waals surface area contributed by atoms with Crippen LogP contribution in [0.4, 0.5) is 9.18 Å². The zero-order chi connectivity index (χ0) is 22.4. The van der Waals surface area contributed by atoms with Crippen LogP contribution in [0.15, 0.2) is 24.3 Å². The van der Waals surface area contributed by atoms with Crippen molar-refractivity contribution in [2.75, 3.05) is 25.1 Å². The summed E-state index contributed by atoms with van der Waals surface area (Å²) >= 11 is 2.78. The molecular weight excluding hydrogens is 439 g/mol. The largest absolute Gasteiger partial charge is 0.420 e. The fourth-order valence-electron chi connectivity index (χ4n) is 3.99. The first-order valence-electron chi connectivity index (χ1n) is 10.6. The van der Waals surface area contributed by atoms with E-state index in [9.17, 15) is 14.0 Å². The van der Waals surface area contributed by atoms with Crippen molar-refractivity contribution in [3.63, 3.8) is 0 Å². The van der Waals surface area contributed by atoms with Gasteiger partial charge in [0.25, 0.3) is 0 Å². The van der Waals surface area contributed by atoms with Crippen LogP contribution in [-0.4, -0.2) is 64.1 Å². The molecule has 2 aliphatic rings. The Balaban J connectivity index is 1.65. The Hall–Kier alpha value is -1.49. The van der Waals surface area contributed by atoms with Crippen molar-refractivity contribution >= 4 is 36.0 Å². The average Bonchev–Trinajstić information content (AvgIpc) is 2.98. The molecule has 2 saturated heterocycles. The minimum absolute atomic E-state index is 0.0182. The Labute approximate surface area is 192 Å². The van der Waals surface area contributed by atoms with Gasteiger partial charge in [-0.15, -0.1) is 0 Å². The van der Waals surface area contributed by atoms with Crippen molar-refractivity contribution in [1.82, 2.24) is 19.8 Å². The van der Waals surface area contributed by atoms with Crippen LogP contribution >= 0.6 is 24.0 Å². The molecule has 3 rings (SSSR count). The van der Waals surface area contributed by atoms with Gasteiger partial charge < -0.3 is 14.4 Å². The second kappa shape index (κ2) is 10.9. The fraction of sp³-hybridized carbons (Fsp3) is 0.619. The standard InChI is InChI=1S/C21H31FN4O3S2/c1-15(2)23-20(28)29-31-25-11-9-21(10-12-25)24-18(8-13-30-3)19(27)26(21)14-16-4-6-17(22)7-5-16/h4-7,15,18,24H,8-14H2,1-3H3,(H,23,28). The van der Waals surface area contributed by atoms with Crippen molar-refractivity contribution in [3.05, 3.63) is 35.6 Å². The number of halogens is 1. The van der Waals surface area contributed by atoms with Gasteiger partial charge in [0.15, 0.2) is 12.2 Å². The summed E-state index contributed by atoms with van der Waals surface area (Å²) in [4.78, 5) is 26.9. The molecule has 0 saturated carbocycles. The number of thioether (sulfide) groups is 1. The summed E-state index contributed by atoms with van der Waals surface area (Å²) in [5, 5.41) is 6.31. The van der Waals surface area contributed by atoms with Crippen LogP contribution < -0.4 is 10.6 Å². The molecule has 2 amide bonds. The summed E-state index contributed by atoms with van der Waals surface area (Å²) < 4.78 is 20.6. The maximum Gasteiger partial charge on any atom is 0.420 e. The Morgan fingerprint density at radius 2 is 2.00 bits per heavy atom. The van der Waals surface area contributed by atoms with Crippen molar-refractivity contribution in [3.8, 4) is 0 Å². The highest BCUT2D eigenvalue weighted by Gasteiger charge is 2.51. The van der Waals surface area contributed by atoms with Crippen LogP contribution in [0.5, 0.6) is 0 Å². The number of hydrogen-bond donors (Lipinski definition) is 2. The lowest BCUT2D eigenvalue weighted by Crippen LogP contribution is -2.57. The molecule has 10 heteroatoms. The molecule has 2 heterocycles. The highest BCUT2D eigenvalue weighted by molar-refractivity contribution is 7.98. The van der Waals surface area contributed by atoms with Gasteiger partial charge in [0.2, 0.25) is 5.91 Å². The number of nitrogens with zero attached hydrogens (tertiary/aromatic N) is 2. The Kier molecular flexibility index (Phi) is 8.49. The monoisotopic (exact) mass is 470 g/mol. The number of benzene rings is 1. The molecule has 1 atom stereocenters. The molecule has 2 N–H and O–H groups in total. The third-order valence-corrected chi connectivity index (χ3v) is 7.01. The Morgan fingerprint density at radius 1 is 1.32 bits per heavy atom. The van der Waals surface area contributed by atoms with Gasteiger partial charge in [0, 0.05) is 25.7 Å². The zero-order valence-corrected chi connectivity index (χ0v) is 19.9. The molecule has 2 aliphatic heterocycles. The van der Waals surface area contributed by atoms with Gasteiger partial charge in [-0.2, -0.15) is 11.8 Å². The molecule has 1 spiro atoms. The van der Waals surface area contributed by atoms with Crippen LogP contribution in [0, 0.1) is 5.82 Å². The summed E-state index contributed by atoms with van der Waals surface area (Å²) in [5.74, 6) is 0.728. The van der Waals surface area contributed by atoms with Gasteiger partial charge in [0.1, 0.15) is 5.82 Å². The van der Waals surface area contributed by atoms with E-state index in [1.165, 1.54) is 12.1 Å². The highest BCUT2D eigenvalue weighted by atomic mass is 32.2. The number of nitrogens with one attached hydrogen (secondary N) is 2. The lowest BCUT2D eigenvalue weighted by Gasteiger charge is -2.43. The average molecular weight is 471 g/mol. The molecule has 0 aromatic heterocycles. The second-order valence-electron chi connectivity index (χ2n) is 8.23. The van der Waals surface area contributed by atoms with Crippen molar-refractivity contribution in [1.29, 1.82) is 0 Å². The molecule has 1 unspecified atom stereocenters. The van der Waals surface area contributed by atoms with E-state index < -0.39 is 11.8 Å². The quantitative estimate of drug-likeness (QED) is 0.446. The number of carbonyl (C=O) groups is 2. The van der Waals surface area contributed by atoms with E-state index in [2.05, 4.69) is 10.6 Å². The van der Waals surface area contributed by atoms with Crippen molar-refractivity contribution in [2.45, 2.75) is 57.4 Å². The smallest absolute Gasteiger partial charge is 0.358 e. The summed E-state index contributed by atoms with van der Waals surface area (Å²) in [6, 6.07) is 6.14. The van der Waals surface area contributed by atoms with Gasteiger partial charge in [-0.25, -0.2) is 13.5 Å². The molecular formula is C21H31FN4O3S2. The lowest BCUT2D eigenvalue weighted by atomic mass is 9.96. The lowest BCUT2D eigenvalue weighted by molar-refractivity contribution is -0.134. The first-order chi connectivity index (χ1) is 14.8. The summed E-state index contributed by atoms with van der Waals surface area (Å²) in [6.45, 7) is 5.55. The number of rotatable bonds is 8. The minimum Gasteiger partial charge on any atom is -0.358 e. The summed E-state index contributed by atoms with van der Waals surface area (Å²) in [5.41, 5.74) is 0.471. The van der Waals surface area contributed by atoms with Gasteiger partial charge in [-0.05, 0) is 62.8 Å². The minimum atomic E-state index is -0.454. The van der Waals surface area contributed by atoms with E-state index in [1.807, 2.05) is 29.3 Å². The van der Waals surface area contributed by atoms with Crippen LogP contribution in [-0.2, 0) is 15.5 Å². The molecule has 0 aliphatic carbocycles. The van der Waals surface area contributed by atoms with Crippen LogP contribution in [0.1, 0.15) is 38.7 Å². The zero-order valence-electron chi connectivity index (χ0n) is 18.2. The topological polar surface area (TPSA) is 73.9 Å². The number of carbonyl (C=O) groups excluding carboxylic acids is 2. The molecule has 7 nitrogen and oxygen atoms in total. The number of amides is 2. The predicted molar refractivity (Wildman–Crippen MR) is 123 cm³/mol.